The fourth-order valence-electron chi connectivity index (χ4n) is 1.92. The van der Waals surface area contributed by atoms with Crippen LogP contribution in [0, 0.1) is 0 Å². The summed E-state index contributed by atoms with van der Waals surface area (Å²) in [5, 5.41) is 21.8. The molecule has 0 saturated carbocycles. The lowest BCUT2D eigenvalue weighted by Crippen LogP contribution is -2.53. The van der Waals surface area contributed by atoms with Gasteiger partial charge in [0.2, 0.25) is 5.91 Å². The van der Waals surface area contributed by atoms with Gasteiger partial charge in [-0.1, -0.05) is 24.6 Å². The fourth-order valence-corrected chi connectivity index (χ4v) is 2.20. The molecular formula is C15H22ClNO4. The Morgan fingerprint density at radius 2 is 2.05 bits per heavy atom. The van der Waals surface area contributed by atoms with Gasteiger partial charge in [-0.05, 0) is 30.5 Å². The molecule has 0 aliphatic carbocycles. The van der Waals surface area contributed by atoms with Crippen molar-refractivity contribution in [2.45, 2.75) is 31.7 Å². The number of carbonyl (C=O) groups is 1. The average molecular weight is 316 g/mol. The Morgan fingerprint density at radius 3 is 2.52 bits per heavy atom. The molecule has 1 aromatic rings. The molecule has 5 nitrogen and oxygen atoms in total. The summed E-state index contributed by atoms with van der Waals surface area (Å²) in [7, 11) is 1.54. The number of amides is 1. The molecule has 118 valence electrons. The zero-order valence-corrected chi connectivity index (χ0v) is 13.1. The van der Waals surface area contributed by atoms with Crippen molar-refractivity contribution in [1.82, 2.24) is 5.32 Å². The largest absolute Gasteiger partial charge is 0.495 e. The van der Waals surface area contributed by atoms with Crippen molar-refractivity contribution in [3.05, 3.63) is 28.8 Å². The van der Waals surface area contributed by atoms with E-state index in [2.05, 4.69) is 5.32 Å². The van der Waals surface area contributed by atoms with E-state index in [0.29, 0.717) is 23.6 Å². The highest BCUT2D eigenvalue weighted by Gasteiger charge is 2.28. The minimum absolute atomic E-state index is 0.216. The molecule has 0 unspecified atom stereocenters. The Kier molecular flexibility index (Phi) is 6.95. The second-order valence-corrected chi connectivity index (χ2v) is 5.37. The van der Waals surface area contributed by atoms with Crippen LogP contribution in [-0.2, 0) is 11.2 Å². The number of aliphatic hydroxyl groups is 2. The van der Waals surface area contributed by atoms with E-state index < -0.39 is 5.54 Å². The number of hydrogen-bond acceptors (Lipinski definition) is 4. The quantitative estimate of drug-likeness (QED) is 0.680. The molecule has 0 saturated heterocycles. The summed E-state index contributed by atoms with van der Waals surface area (Å²) in [5.74, 6) is 0.377. The van der Waals surface area contributed by atoms with Crippen LogP contribution < -0.4 is 10.1 Å². The topological polar surface area (TPSA) is 78.8 Å². The van der Waals surface area contributed by atoms with E-state index in [1.165, 1.54) is 0 Å². The van der Waals surface area contributed by atoms with Gasteiger partial charge in [0.05, 0.1) is 30.9 Å². The third kappa shape index (κ3) is 4.88. The van der Waals surface area contributed by atoms with E-state index >= 15 is 0 Å². The second kappa shape index (κ2) is 8.22. The number of rotatable bonds is 8. The van der Waals surface area contributed by atoms with Gasteiger partial charge in [0.1, 0.15) is 5.75 Å². The Labute approximate surface area is 129 Å². The fraction of sp³-hybridized carbons (Fsp3) is 0.533. The molecule has 0 aliphatic rings. The summed E-state index contributed by atoms with van der Waals surface area (Å²) in [6.07, 6.45) is 1.23. The van der Waals surface area contributed by atoms with E-state index in [1.54, 1.807) is 26.2 Å². The van der Waals surface area contributed by atoms with Crippen molar-refractivity contribution in [1.29, 1.82) is 0 Å². The average Bonchev–Trinajstić information content (AvgIpc) is 2.51. The molecule has 0 aromatic heterocycles. The molecule has 3 N–H and O–H groups in total. The number of ether oxygens (including phenoxy) is 1. The highest BCUT2D eigenvalue weighted by Crippen LogP contribution is 2.25. The summed E-state index contributed by atoms with van der Waals surface area (Å²) in [4.78, 5) is 11.9. The molecule has 6 heteroatoms. The third-order valence-corrected chi connectivity index (χ3v) is 3.84. The molecule has 0 aliphatic heterocycles. The van der Waals surface area contributed by atoms with E-state index in [-0.39, 0.29) is 25.5 Å². The summed E-state index contributed by atoms with van der Waals surface area (Å²) in [6.45, 7) is 1.22. The number of halogens is 1. The number of methoxy groups -OCH3 is 1. The summed E-state index contributed by atoms with van der Waals surface area (Å²) >= 11 is 6.03. The monoisotopic (exact) mass is 315 g/mol. The van der Waals surface area contributed by atoms with Crippen molar-refractivity contribution >= 4 is 17.5 Å². The second-order valence-electron chi connectivity index (χ2n) is 4.97. The molecule has 0 bridgehead atoms. The van der Waals surface area contributed by atoms with Gasteiger partial charge in [-0.25, -0.2) is 0 Å². The number of carbonyl (C=O) groups excluding carboxylic acids is 1. The first kappa shape index (κ1) is 17.8. The number of nitrogens with one attached hydrogen (secondary N) is 1. The van der Waals surface area contributed by atoms with Crippen LogP contribution in [0.1, 0.15) is 25.3 Å². The maximum atomic E-state index is 11.9. The van der Waals surface area contributed by atoms with Crippen molar-refractivity contribution < 1.29 is 19.7 Å². The van der Waals surface area contributed by atoms with E-state index in [1.807, 2.05) is 6.07 Å². The zero-order valence-electron chi connectivity index (χ0n) is 12.4. The Balaban J connectivity index is 2.59. The van der Waals surface area contributed by atoms with Gasteiger partial charge in [0, 0.05) is 6.42 Å². The Morgan fingerprint density at radius 1 is 1.38 bits per heavy atom. The van der Waals surface area contributed by atoms with Gasteiger partial charge in [-0.3, -0.25) is 4.79 Å². The SMILES string of the molecule is CCC(CO)(CO)NC(=O)CCc1ccc(OC)c(Cl)c1. The van der Waals surface area contributed by atoms with Gasteiger partial charge in [0.25, 0.3) is 0 Å². The van der Waals surface area contributed by atoms with Crippen molar-refractivity contribution in [2.24, 2.45) is 0 Å². The minimum atomic E-state index is -0.950. The number of hydrogen-bond donors (Lipinski definition) is 3. The highest BCUT2D eigenvalue weighted by atomic mass is 35.5. The van der Waals surface area contributed by atoms with Gasteiger partial charge in [-0.15, -0.1) is 0 Å². The number of aliphatic hydroxyl groups excluding tert-OH is 2. The minimum Gasteiger partial charge on any atom is -0.495 e. The summed E-state index contributed by atoms with van der Waals surface area (Å²) in [6, 6.07) is 5.37. The van der Waals surface area contributed by atoms with Crippen molar-refractivity contribution in [2.75, 3.05) is 20.3 Å². The first-order valence-electron chi connectivity index (χ1n) is 6.85. The smallest absolute Gasteiger partial charge is 0.220 e. The predicted octanol–water partition coefficient (Wildman–Crippen LogP) is 1.53. The molecule has 0 radical (unpaired) electrons. The van der Waals surface area contributed by atoms with Crippen LogP contribution in [0.2, 0.25) is 5.02 Å². The van der Waals surface area contributed by atoms with Crippen LogP contribution in [0.25, 0.3) is 0 Å². The van der Waals surface area contributed by atoms with Gasteiger partial charge >= 0.3 is 0 Å². The van der Waals surface area contributed by atoms with Crippen LogP contribution in [0.5, 0.6) is 5.75 Å². The molecular weight excluding hydrogens is 294 g/mol. The molecule has 0 heterocycles. The predicted molar refractivity (Wildman–Crippen MR) is 81.7 cm³/mol. The van der Waals surface area contributed by atoms with Crippen molar-refractivity contribution in [3.8, 4) is 5.75 Å². The lowest BCUT2D eigenvalue weighted by atomic mass is 9.98. The van der Waals surface area contributed by atoms with Gasteiger partial charge in [-0.2, -0.15) is 0 Å². The summed E-state index contributed by atoms with van der Waals surface area (Å²) in [5.41, 5.74) is -0.0275. The third-order valence-electron chi connectivity index (χ3n) is 3.54. The highest BCUT2D eigenvalue weighted by molar-refractivity contribution is 6.32. The molecule has 1 aromatic carbocycles. The summed E-state index contributed by atoms with van der Waals surface area (Å²) < 4.78 is 5.07. The van der Waals surface area contributed by atoms with E-state index in [0.717, 1.165) is 5.56 Å². The van der Waals surface area contributed by atoms with Crippen molar-refractivity contribution in [3.63, 3.8) is 0 Å². The molecule has 1 rings (SSSR count). The first-order chi connectivity index (χ1) is 10.00. The van der Waals surface area contributed by atoms with Crippen LogP contribution in [0.4, 0.5) is 0 Å². The van der Waals surface area contributed by atoms with E-state index in [9.17, 15) is 15.0 Å². The van der Waals surface area contributed by atoms with Gasteiger partial charge in [0.15, 0.2) is 0 Å². The maximum absolute atomic E-state index is 11.9. The molecule has 21 heavy (non-hydrogen) atoms. The lowest BCUT2D eigenvalue weighted by Gasteiger charge is -2.29. The van der Waals surface area contributed by atoms with E-state index in [4.69, 9.17) is 16.3 Å². The first-order valence-corrected chi connectivity index (χ1v) is 7.23. The normalized spacial score (nSPS) is 11.3. The van der Waals surface area contributed by atoms with Crippen LogP contribution >= 0.6 is 11.6 Å². The number of aryl methyl sites for hydroxylation is 1. The lowest BCUT2D eigenvalue weighted by molar-refractivity contribution is -0.124. The molecule has 0 spiro atoms. The molecule has 0 atom stereocenters. The molecule has 1 amide bonds. The molecule has 0 fully saturated rings. The standard InChI is InChI=1S/C15H22ClNO4/c1-3-15(9-18,10-19)17-14(20)7-5-11-4-6-13(21-2)12(16)8-11/h4,6,8,18-19H,3,5,7,9-10H2,1-2H3,(H,17,20). The van der Waals surface area contributed by atoms with Crippen LogP contribution in [0.3, 0.4) is 0 Å². The van der Waals surface area contributed by atoms with Crippen LogP contribution in [0.15, 0.2) is 18.2 Å². The maximum Gasteiger partial charge on any atom is 0.220 e. The van der Waals surface area contributed by atoms with Gasteiger partial charge < -0.3 is 20.3 Å². The zero-order chi connectivity index (χ0) is 15.9. The van der Waals surface area contributed by atoms with Crippen LogP contribution in [-0.4, -0.2) is 42.0 Å². The number of benzene rings is 1. The Bertz CT molecular complexity index is 466. The Hall–Kier alpha value is -1.30.